The van der Waals surface area contributed by atoms with Crippen molar-refractivity contribution in [1.29, 1.82) is 0 Å². The van der Waals surface area contributed by atoms with Crippen LogP contribution in [0.25, 0.3) is 0 Å². The van der Waals surface area contributed by atoms with Crippen LogP contribution in [0.3, 0.4) is 0 Å². The van der Waals surface area contributed by atoms with Crippen molar-refractivity contribution in [3.05, 3.63) is 12.4 Å². The Balaban J connectivity index is 1.98. The van der Waals surface area contributed by atoms with Gasteiger partial charge in [-0.3, -0.25) is 0 Å². The van der Waals surface area contributed by atoms with E-state index in [4.69, 9.17) is 0 Å². The summed E-state index contributed by atoms with van der Waals surface area (Å²) in [7, 11) is -3.60. The van der Waals surface area contributed by atoms with Crippen molar-refractivity contribution in [3.63, 3.8) is 0 Å². The third-order valence-corrected chi connectivity index (χ3v) is 4.97. The van der Waals surface area contributed by atoms with E-state index in [-0.39, 0.29) is 17.0 Å². The molecule has 0 unspecified atom stereocenters. The molecule has 0 radical (unpaired) electrons. The highest BCUT2D eigenvalue weighted by molar-refractivity contribution is 7.89. The van der Waals surface area contributed by atoms with Crippen molar-refractivity contribution in [2.24, 2.45) is 0 Å². The first-order chi connectivity index (χ1) is 10.0. The number of anilines is 1. The lowest BCUT2D eigenvalue weighted by Gasteiger charge is -2.25. The third kappa shape index (κ3) is 4.62. The average molecular weight is 314 g/mol. The molecular formula is C13H22N4O3S. The standard InChI is InChI=1S/C13H22N4O3S/c1-2-7-14-13-15-8-12(9-16-13)21(19,20)17-10-3-5-11(18)6-4-10/h8-11,17-18H,2-7H2,1H3,(H,14,15,16). The molecule has 8 heteroatoms. The summed E-state index contributed by atoms with van der Waals surface area (Å²) in [6, 6.07) is -0.128. The Bertz CT molecular complexity index is 539. The quantitative estimate of drug-likeness (QED) is 0.720. The Morgan fingerprint density at radius 1 is 1.24 bits per heavy atom. The Morgan fingerprint density at radius 3 is 2.43 bits per heavy atom. The zero-order valence-corrected chi connectivity index (χ0v) is 12.9. The molecule has 0 bridgehead atoms. The van der Waals surface area contributed by atoms with Crippen molar-refractivity contribution in [2.45, 2.75) is 56.1 Å². The van der Waals surface area contributed by atoms with Crippen molar-refractivity contribution >= 4 is 16.0 Å². The molecule has 0 aliphatic heterocycles. The van der Waals surface area contributed by atoms with Gasteiger partial charge in [-0.2, -0.15) is 0 Å². The molecule has 2 rings (SSSR count). The van der Waals surface area contributed by atoms with Crippen LogP contribution < -0.4 is 10.0 Å². The van der Waals surface area contributed by atoms with Gasteiger partial charge in [0.25, 0.3) is 0 Å². The summed E-state index contributed by atoms with van der Waals surface area (Å²) >= 11 is 0. The molecule has 1 heterocycles. The normalized spacial score (nSPS) is 23.0. The van der Waals surface area contributed by atoms with Gasteiger partial charge in [0.2, 0.25) is 16.0 Å². The second-order valence-corrected chi connectivity index (χ2v) is 7.01. The fourth-order valence-corrected chi connectivity index (χ4v) is 3.46. The number of aromatic nitrogens is 2. The van der Waals surface area contributed by atoms with Gasteiger partial charge in [0, 0.05) is 12.6 Å². The molecule has 1 aromatic heterocycles. The number of aliphatic hydroxyl groups excluding tert-OH is 1. The fourth-order valence-electron chi connectivity index (χ4n) is 2.26. The van der Waals surface area contributed by atoms with Crippen molar-refractivity contribution < 1.29 is 13.5 Å². The van der Waals surface area contributed by atoms with Crippen LogP contribution in [0, 0.1) is 0 Å². The molecule has 0 amide bonds. The smallest absolute Gasteiger partial charge is 0.243 e. The lowest BCUT2D eigenvalue weighted by atomic mass is 9.94. The van der Waals surface area contributed by atoms with Gasteiger partial charge in [-0.15, -0.1) is 0 Å². The molecule has 0 atom stereocenters. The number of nitrogens with zero attached hydrogens (tertiary/aromatic N) is 2. The van der Waals surface area contributed by atoms with Gasteiger partial charge in [0.05, 0.1) is 18.5 Å². The number of aliphatic hydroxyl groups is 1. The Kier molecular flexibility index (Phi) is 5.49. The van der Waals surface area contributed by atoms with Gasteiger partial charge in [0.1, 0.15) is 4.90 Å². The van der Waals surface area contributed by atoms with Crippen LogP contribution in [0.2, 0.25) is 0 Å². The molecule has 0 aromatic carbocycles. The fraction of sp³-hybridized carbons (Fsp3) is 0.692. The van der Waals surface area contributed by atoms with E-state index in [1.165, 1.54) is 12.4 Å². The highest BCUT2D eigenvalue weighted by Crippen LogP contribution is 2.20. The van der Waals surface area contributed by atoms with Crippen LogP contribution in [-0.4, -0.2) is 42.2 Å². The number of rotatable bonds is 6. The van der Waals surface area contributed by atoms with Crippen LogP contribution in [0.15, 0.2) is 17.3 Å². The maximum Gasteiger partial charge on any atom is 0.243 e. The van der Waals surface area contributed by atoms with Crippen molar-refractivity contribution in [1.82, 2.24) is 14.7 Å². The van der Waals surface area contributed by atoms with Gasteiger partial charge in [-0.25, -0.2) is 23.1 Å². The Hall–Kier alpha value is -1.25. The van der Waals surface area contributed by atoms with Gasteiger partial charge in [-0.1, -0.05) is 6.92 Å². The molecule has 118 valence electrons. The number of hydrogen-bond donors (Lipinski definition) is 3. The van der Waals surface area contributed by atoms with E-state index in [2.05, 4.69) is 20.0 Å². The highest BCUT2D eigenvalue weighted by Gasteiger charge is 2.25. The van der Waals surface area contributed by atoms with Crippen LogP contribution >= 0.6 is 0 Å². The topological polar surface area (TPSA) is 104 Å². The molecule has 0 saturated heterocycles. The first kappa shape index (κ1) is 16.1. The molecule has 3 N–H and O–H groups in total. The van der Waals surface area contributed by atoms with E-state index in [0.717, 1.165) is 13.0 Å². The summed E-state index contributed by atoms with van der Waals surface area (Å²) in [5.74, 6) is 0.427. The summed E-state index contributed by atoms with van der Waals surface area (Å²) in [5, 5.41) is 12.4. The second kappa shape index (κ2) is 7.15. The number of nitrogens with one attached hydrogen (secondary N) is 2. The van der Waals surface area contributed by atoms with Crippen molar-refractivity contribution in [3.8, 4) is 0 Å². The summed E-state index contributed by atoms with van der Waals surface area (Å²) in [6.45, 7) is 2.77. The van der Waals surface area contributed by atoms with Crippen LogP contribution in [0.5, 0.6) is 0 Å². The van der Waals surface area contributed by atoms with Gasteiger partial charge < -0.3 is 10.4 Å². The number of sulfonamides is 1. The van der Waals surface area contributed by atoms with E-state index < -0.39 is 10.0 Å². The minimum atomic E-state index is -3.60. The number of hydrogen-bond acceptors (Lipinski definition) is 6. The maximum atomic E-state index is 12.2. The monoisotopic (exact) mass is 314 g/mol. The zero-order chi connectivity index (χ0) is 15.3. The van der Waals surface area contributed by atoms with Gasteiger partial charge >= 0.3 is 0 Å². The molecule has 7 nitrogen and oxygen atoms in total. The molecule has 1 aliphatic carbocycles. The van der Waals surface area contributed by atoms with Crippen molar-refractivity contribution in [2.75, 3.05) is 11.9 Å². The zero-order valence-electron chi connectivity index (χ0n) is 12.1. The molecule has 0 spiro atoms. The van der Waals surface area contributed by atoms with Crippen LogP contribution in [-0.2, 0) is 10.0 Å². The van der Waals surface area contributed by atoms with Crippen LogP contribution in [0.1, 0.15) is 39.0 Å². The summed E-state index contributed by atoms with van der Waals surface area (Å²) < 4.78 is 27.1. The molecule has 1 aliphatic rings. The summed E-state index contributed by atoms with van der Waals surface area (Å²) in [4.78, 5) is 8.08. The predicted octanol–water partition coefficient (Wildman–Crippen LogP) is 0.880. The molecule has 1 aromatic rings. The molecule has 1 fully saturated rings. The van der Waals surface area contributed by atoms with E-state index in [0.29, 0.717) is 31.6 Å². The lowest BCUT2D eigenvalue weighted by Crippen LogP contribution is -2.38. The first-order valence-electron chi connectivity index (χ1n) is 7.27. The van der Waals surface area contributed by atoms with E-state index >= 15 is 0 Å². The molecule has 1 saturated carbocycles. The minimum absolute atomic E-state index is 0.0654. The average Bonchev–Trinajstić information content (AvgIpc) is 2.48. The maximum absolute atomic E-state index is 12.2. The van der Waals surface area contributed by atoms with Gasteiger partial charge in [0.15, 0.2) is 0 Å². The van der Waals surface area contributed by atoms with Gasteiger partial charge in [-0.05, 0) is 32.1 Å². The summed E-state index contributed by atoms with van der Waals surface area (Å²) in [6.07, 6.45) is 5.81. The highest BCUT2D eigenvalue weighted by atomic mass is 32.2. The third-order valence-electron chi connectivity index (χ3n) is 3.49. The lowest BCUT2D eigenvalue weighted by molar-refractivity contribution is 0.120. The van der Waals surface area contributed by atoms with E-state index in [1.54, 1.807) is 0 Å². The van der Waals surface area contributed by atoms with Crippen LogP contribution in [0.4, 0.5) is 5.95 Å². The molecular weight excluding hydrogens is 292 g/mol. The largest absolute Gasteiger partial charge is 0.393 e. The first-order valence-corrected chi connectivity index (χ1v) is 8.76. The van der Waals surface area contributed by atoms with E-state index in [1.807, 2.05) is 6.92 Å². The Labute approximate surface area is 125 Å². The Morgan fingerprint density at radius 2 is 1.86 bits per heavy atom. The predicted molar refractivity (Wildman–Crippen MR) is 79.4 cm³/mol. The minimum Gasteiger partial charge on any atom is -0.393 e. The second-order valence-electron chi connectivity index (χ2n) is 5.30. The SMILES string of the molecule is CCCNc1ncc(S(=O)(=O)NC2CCC(O)CC2)cn1. The van der Waals surface area contributed by atoms with E-state index in [9.17, 15) is 13.5 Å². The molecule has 21 heavy (non-hydrogen) atoms. The summed E-state index contributed by atoms with van der Waals surface area (Å²) in [5.41, 5.74) is 0.